The van der Waals surface area contributed by atoms with Gasteiger partial charge in [0.25, 0.3) is 0 Å². The summed E-state index contributed by atoms with van der Waals surface area (Å²) in [4.78, 5) is 16.2. The summed E-state index contributed by atoms with van der Waals surface area (Å²) in [5.41, 5.74) is 7.84. The highest BCUT2D eigenvalue weighted by Crippen LogP contribution is 2.25. The van der Waals surface area contributed by atoms with Crippen molar-refractivity contribution in [2.24, 2.45) is 11.7 Å². The van der Waals surface area contributed by atoms with Crippen LogP contribution >= 0.6 is 0 Å². The molecular formula is C15H19N5O. The van der Waals surface area contributed by atoms with Crippen LogP contribution in [-0.2, 0) is 11.3 Å². The van der Waals surface area contributed by atoms with Gasteiger partial charge in [-0.15, -0.1) is 0 Å². The fourth-order valence-corrected chi connectivity index (χ4v) is 2.80. The van der Waals surface area contributed by atoms with Gasteiger partial charge in [-0.25, -0.2) is 9.67 Å². The lowest BCUT2D eigenvalue weighted by Crippen LogP contribution is -2.34. The van der Waals surface area contributed by atoms with E-state index in [1.54, 1.807) is 11.0 Å². The van der Waals surface area contributed by atoms with E-state index in [0.717, 1.165) is 30.5 Å². The minimum absolute atomic E-state index is 0.0108. The Morgan fingerprint density at radius 1 is 1.43 bits per heavy atom. The van der Waals surface area contributed by atoms with Crippen molar-refractivity contribution in [3.05, 3.63) is 42.5 Å². The fraction of sp³-hybridized carbons (Fsp3) is 0.400. The Hall–Kier alpha value is -2.21. The summed E-state index contributed by atoms with van der Waals surface area (Å²) in [6.07, 6.45) is 6.03. The molecule has 1 fully saturated rings. The number of carbonyl (C=O) groups is 1. The molecule has 110 valence electrons. The van der Waals surface area contributed by atoms with Gasteiger partial charge in [0.05, 0.1) is 12.5 Å². The predicted molar refractivity (Wildman–Crippen MR) is 79.5 cm³/mol. The first kappa shape index (κ1) is 13.8. The highest BCUT2D eigenvalue weighted by molar-refractivity contribution is 5.93. The summed E-state index contributed by atoms with van der Waals surface area (Å²) in [5, 5.41) is 7.05. The van der Waals surface area contributed by atoms with Crippen LogP contribution < -0.4 is 11.1 Å². The molecule has 6 nitrogen and oxygen atoms in total. The average Bonchev–Trinajstić information content (AvgIpc) is 3.10. The Bertz CT molecular complexity index is 610. The molecule has 1 aromatic carbocycles. The molecule has 0 spiro atoms. The molecule has 1 aromatic heterocycles. The second kappa shape index (κ2) is 6.05. The molecule has 6 heteroatoms. The monoisotopic (exact) mass is 285 g/mol. The number of hydrogen-bond donors (Lipinski definition) is 2. The van der Waals surface area contributed by atoms with Crippen molar-refractivity contribution in [3.63, 3.8) is 0 Å². The molecule has 0 aliphatic heterocycles. The minimum atomic E-state index is -0.0658. The van der Waals surface area contributed by atoms with Crippen molar-refractivity contribution >= 4 is 11.6 Å². The number of benzene rings is 1. The summed E-state index contributed by atoms with van der Waals surface area (Å²) in [7, 11) is 0. The van der Waals surface area contributed by atoms with Gasteiger partial charge in [0.15, 0.2) is 0 Å². The van der Waals surface area contributed by atoms with E-state index in [9.17, 15) is 4.79 Å². The molecule has 1 heterocycles. The number of aromatic nitrogens is 3. The van der Waals surface area contributed by atoms with Gasteiger partial charge in [-0.05, 0) is 30.5 Å². The molecule has 21 heavy (non-hydrogen) atoms. The third kappa shape index (κ3) is 3.28. The molecule has 2 unspecified atom stereocenters. The van der Waals surface area contributed by atoms with Crippen molar-refractivity contribution in [2.45, 2.75) is 31.8 Å². The van der Waals surface area contributed by atoms with Crippen LogP contribution in [0.1, 0.15) is 24.8 Å². The molecule has 1 amide bonds. The number of amides is 1. The topological polar surface area (TPSA) is 85.8 Å². The average molecular weight is 285 g/mol. The lowest BCUT2D eigenvalue weighted by Gasteiger charge is -2.15. The molecule has 0 radical (unpaired) electrons. The van der Waals surface area contributed by atoms with Gasteiger partial charge >= 0.3 is 0 Å². The Labute approximate surface area is 123 Å². The van der Waals surface area contributed by atoms with E-state index in [4.69, 9.17) is 5.73 Å². The largest absolute Gasteiger partial charge is 0.327 e. The van der Waals surface area contributed by atoms with Gasteiger partial charge in [-0.2, -0.15) is 5.10 Å². The highest BCUT2D eigenvalue weighted by Gasteiger charge is 2.30. The number of hydrogen-bond acceptors (Lipinski definition) is 4. The molecule has 0 bridgehead atoms. The van der Waals surface area contributed by atoms with E-state index in [1.165, 1.54) is 6.33 Å². The third-order valence-electron chi connectivity index (χ3n) is 3.91. The van der Waals surface area contributed by atoms with Crippen LogP contribution in [0.2, 0.25) is 0 Å². The Morgan fingerprint density at radius 3 is 3.05 bits per heavy atom. The van der Waals surface area contributed by atoms with Gasteiger partial charge in [0, 0.05) is 11.7 Å². The number of nitrogens with zero attached hydrogens (tertiary/aromatic N) is 3. The van der Waals surface area contributed by atoms with Gasteiger partial charge in [-0.3, -0.25) is 4.79 Å². The first-order valence-electron chi connectivity index (χ1n) is 7.20. The summed E-state index contributed by atoms with van der Waals surface area (Å²) in [6.45, 7) is 0.632. The van der Waals surface area contributed by atoms with Crippen molar-refractivity contribution in [2.75, 3.05) is 5.32 Å². The lowest BCUT2D eigenvalue weighted by molar-refractivity contribution is -0.120. The van der Waals surface area contributed by atoms with Crippen LogP contribution in [0.5, 0.6) is 0 Å². The Kier molecular flexibility index (Phi) is 3.96. The van der Waals surface area contributed by atoms with Gasteiger partial charge in [0.2, 0.25) is 5.91 Å². The maximum atomic E-state index is 12.2. The van der Waals surface area contributed by atoms with Crippen molar-refractivity contribution in [3.8, 4) is 0 Å². The minimum Gasteiger partial charge on any atom is -0.327 e. The number of anilines is 1. The second-order valence-corrected chi connectivity index (χ2v) is 5.48. The van der Waals surface area contributed by atoms with Crippen molar-refractivity contribution in [1.29, 1.82) is 0 Å². The summed E-state index contributed by atoms with van der Waals surface area (Å²) in [5.74, 6) is -0.0399. The zero-order valence-electron chi connectivity index (χ0n) is 11.8. The first-order valence-corrected chi connectivity index (χ1v) is 7.20. The zero-order chi connectivity index (χ0) is 14.7. The molecule has 3 rings (SSSR count). The lowest BCUT2D eigenvalue weighted by atomic mass is 10.0. The van der Waals surface area contributed by atoms with Crippen LogP contribution in [0.3, 0.4) is 0 Å². The maximum Gasteiger partial charge on any atom is 0.229 e. The molecule has 3 N–H and O–H groups in total. The fourth-order valence-electron chi connectivity index (χ4n) is 2.80. The molecular weight excluding hydrogens is 266 g/mol. The van der Waals surface area contributed by atoms with Gasteiger partial charge in [0.1, 0.15) is 12.7 Å². The summed E-state index contributed by atoms with van der Waals surface area (Å²) in [6, 6.07) is 7.77. The summed E-state index contributed by atoms with van der Waals surface area (Å²) < 4.78 is 1.74. The maximum absolute atomic E-state index is 12.2. The van der Waals surface area contributed by atoms with Crippen LogP contribution in [0.4, 0.5) is 5.69 Å². The van der Waals surface area contributed by atoms with E-state index < -0.39 is 0 Å². The van der Waals surface area contributed by atoms with E-state index in [-0.39, 0.29) is 17.9 Å². The SMILES string of the molecule is NC1CCCC1C(=O)Nc1cccc(Cn2cncn2)c1. The van der Waals surface area contributed by atoms with E-state index in [0.29, 0.717) is 6.54 Å². The standard InChI is InChI=1S/C15H19N5O/c16-14-6-2-5-13(14)15(21)19-12-4-1-3-11(7-12)8-20-10-17-9-18-20/h1,3-4,7,9-10,13-14H,2,5-6,8,16H2,(H,19,21). The highest BCUT2D eigenvalue weighted by atomic mass is 16.1. The smallest absolute Gasteiger partial charge is 0.229 e. The van der Waals surface area contributed by atoms with E-state index in [2.05, 4.69) is 15.4 Å². The first-order chi connectivity index (χ1) is 10.2. The van der Waals surface area contributed by atoms with E-state index in [1.807, 2.05) is 24.3 Å². The molecule has 1 aliphatic rings. The van der Waals surface area contributed by atoms with E-state index >= 15 is 0 Å². The second-order valence-electron chi connectivity index (χ2n) is 5.48. The molecule has 2 aromatic rings. The Balaban J connectivity index is 1.67. The molecule has 1 aliphatic carbocycles. The quantitative estimate of drug-likeness (QED) is 0.889. The predicted octanol–water partition coefficient (Wildman–Crippen LogP) is 1.39. The number of nitrogens with one attached hydrogen (secondary N) is 1. The van der Waals surface area contributed by atoms with Crippen molar-refractivity contribution < 1.29 is 4.79 Å². The zero-order valence-corrected chi connectivity index (χ0v) is 11.8. The molecule has 2 atom stereocenters. The third-order valence-corrected chi connectivity index (χ3v) is 3.91. The van der Waals surface area contributed by atoms with Crippen LogP contribution in [-0.4, -0.2) is 26.7 Å². The molecule has 1 saturated carbocycles. The summed E-state index contributed by atoms with van der Waals surface area (Å²) >= 11 is 0. The van der Waals surface area contributed by atoms with Crippen LogP contribution in [0.15, 0.2) is 36.9 Å². The van der Waals surface area contributed by atoms with Gasteiger partial charge < -0.3 is 11.1 Å². The molecule has 0 saturated heterocycles. The number of rotatable bonds is 4. The number of carbonyl (C=O) groups excluding carboxylic acids is 1. The normalized spacial score (nSPS) is 21.4. The van der Waals surface area contributed by atoms with Crippen molar-refractivity contribution in [1.82, 2.24) is 14.8 Å². The number of nitrogens with two attached hydrogens (primary N) is 1. The van der Waals surface area contributed by atoms with Crippen LogP contribution in [0.25, 0.3) is 0 Å². The van der Waals surface area contributed by atoms with Gasteiger partial charge in [-0.1, -0.05) is 18.6 Å². The Morgan fingerprint density at radius 2 is 2.33 bits per heavy atom. The van der Waals surface area contributed by atoms with Crippen LogP contribution in [0, 0.1) is 5.92 Å².